The van der Waals surface area contributed by atoms with Crippen LogP contribution >= 0.6 is 0 Å². The summed E-state index contributed by atoms with van der Waals surface area (Å²) in [6, 6.07) is 17.6. The van der Waals surface area contributed by atoms with Gasteiger partial charge in [0, 0.05) is 11.8 Å². The first-order valence-corrected chi connectivity index (χ1v) is 8.43. The molecule has 0 saturated carbocycles. The lowest BCUT2D eigenvalue weighted by atomic mass is 10.2. The number of aromatic nitrogens is 3. The Bertz CT molecular complexity index is 1180. The van der Waals surface area contributed by atoms with E-state index in [0.717, 1.165) is 5.56 Å². The van der Waals surface area contributed by atoms with Crippen molar-refractivity contribution in [3.8, 4) is 5.69 Å². The predicted molar refractivity (Wildman–Crippen MR) is 104 cm³/mol. The van der Waals surface area contributed by atoms with Crippen molar-refractivity contribution < 1.29 is 4.79 Å². The number of anilines is 1. The van der Waals surface area contributed by atoms with Crippen molar-refractivity contribution in [1.29, 1.82) is 0 Å². The summed E-state index contributed by atoms with van der Waals surface area (Å²) in [7, 11) is 0. The van der Waals surface area contributed by atoms with Gasteiger partial charge in [0.25, 0.3) is 11.5 Å². The Morgan fingerprint density at radius 1 is 0.963 bits per heavy atom. The summed E-state index contributed by atoms with van der Waals surface area (Å²) in [4.78, 5) is 33.5. The van der Waals surface area contributed by atoms with Crippen molar-refractivity contribution in [2.75, 3.05) is 5.32 Å². The molecule has 132 valence electrons. The molecule has 0 radical (unpaired) electrons. The third-order valence-corrected chi connectivity index (χ3v) is 4.23. The maximum Gasteiger partial charge on any atom is 0.265 e. The lowest BCUT2D eigenvalue weighted by Gasteiger charge is -2.08. The smallest absolute Gasteiger partial charge is 0.265 e. The zero-order valence-corrected chi connectivity index (χ0v) is 14.6. The number of rotatable bonds is 3. The molecular weight excluding hydrogens is 340 g/mol. The number of hydrogen-bond donors (Lipinski definition) is 1. The molecule has 0 spiro atoms. The van der Waals surface area contributed by atoms with Gasteiger partial charge in [-0.3, -0.25) is 14.2 Å². The number of nitrogens with one attached hydrogen (secondary N) is 1. The van der Waals surface area contributed by atoms with E-state index in [4.69, 9.17) is 0 Å². The monoisotopic (exact) mass is 356 g/mol. The summed E-state index contributed by atoms with van der Waals surface area (Å²) in [6.45, 7) is 1.93. The summed E-state index contributed by atoms with van der Waals surface area (Å²) in [6.07, 6.45) is 3.19. The maximum atomic E-state index is 12.7. The van der Waals surface area contributed by atoms with E-state index in [-0.39, 0.29) is 11.5 Å². The molecule has 0 aliphatic heterocycles. The Hall–Kier alpha value is -3.80. The number of hydrogen-bond acceptors (Lipinski definition) is 4. The zero-order valence-electron chi connectivity index (χ0n) is 14.6. The number of nitrogens with zero attached hydrogens (tertiary/aromatic N) is 3. The summed E-state index contributed by atoms with van der Waals surface area (Å²) < 4.78 is 1.46. The van der Waals surface area contributed by atoms with Gasteiger partial charge in [-0.1, -0.05) is 18.2 Å². The molecule has 27 heavy (non-hydrogen) atoms. The zero-order chi connectivity index (χ0) is 18.8. The molecule has 0 bridgehead atoms. The number of amides is 1. The molecule has 6 heteroatoms. The number of pyridine rings is 1. The minimum absolute atomic E-state index is 0.151. The minimum atomic E-state index is -0.262. The number of para-hydroxylation sites is 1. The molecule has 6 nitrogen and oxygen atoms in total. The summed E-state index contributed by atoms with van der Waals surface area (Å²) >= 11 is 0. The van der Waals surface area contributed by atoms with Gasteiger partial charge in [0.2, 0.25) is 0 Å². The number of carbonyl (C=O) groups is 1. The number of benzene rings is 2. The van der Waals surface area contributed by atoms with Crippen LogP contribution < -0.4 is 10.9 Å². The minimum Gasteiger partial charge on any atom is -0.307 e. The summed E-state index contributed by atoms with van der Waals surface area (Å²) in [5, 5.41) is 3.30. The van der Waals surface area contributed by atoms with Gasteiger partial charge in [0.05, 0.1) is 16.6 Å². The lowest BCUT2D eigenvalue weighted by Crippen LogP contribution is -2.19. The van der Waals surface area contributed by atoms with E-state index in [1.807, 2.05) is 25.1 Å². The SMILES string of the molecule is Cc1ccc(NC(=O)c2ccc(-n3cnc4ccccc4c3=O)cc2)nc1. The Labute approximate surface area is 155 Å². The first kappa shape index (κ1) is 16.7. The second-order valence-corrected chi connectivity index (χ2v) is 6.16. The highest BCUT2D eigenvalue weighted by molar-refractivity contribution is 6.03. The average molecular weight is 356 g/mol. The van der Waals surface area contributed by atoms with E-state index in [2.05, 4.69) is 15.3 Å². The Morgan fingerprint density at radius 3 is 2.48 bits per heavy atom. The highest BCUT2D eigenvalue weighted by Gasteiger charge is 2.09. The van der Waals surface area contributed by atoms with Gasteiger partial charge in [0.15, 0.2) is 0 Å². The van der Waals surface area contributed by atoms with Crippen LogP contribution in [0.2, 0.25) is 0 Å². The van der Waals surface area contributed by atoms with E-state index in [0.29, 0.717) is 28.0 Å². The van der Waals surface area contributed by atoms with E-state index in [9.17, 15) is 9.59 Å². The third kappa shape index (κ3) is 3.32. The highest BCUT2D eigenvalue weighted by Crippen LogP contribution is 2.12. The molecule has 2 heterocycles. The Morgan fingerprint density at radius 2 is 1.74 bits per heavy atom. The molecule has 0 saturated heterocycles. The summed E-state index contributed by atoms with van der Waals surface area (Å²) in [5.74, 6) is 0.228. The Kier molecular flexibility index (Phi) is 4.22. The van der Waals surface area contributed by atoms with E-state index in [1.165, 1.54) is 10.9 Å². The van der Waals surface area contributed by atoms with Crippen molar-refractivity contribution in [1.82, 2.24) is 14.5 Å². The fourth-order valence-electron chi connectivity index (χ4n) is 2.76. The van der Waals surface area contributed by atoms with Crippen LogP contribution in [0.1, 0.15) is 15.9 Å². The lowest BCUT2D eigenvalue weighted by molar-refractivity contribution is 0.102. The molecule has 0 unspecified atom stereocenters. The fourth-order valence-corrected chi connectivity index (χ4v) is 2.76. The second-order valence-electron chi connectivity index (χ2n) is 6.16. The number of carbonyl (C=O) groups excluding carboxylic acids is 1. The molecule has 4 rings (SSSR count). The Balaban J connectivity index is 1.60. The number of aryl methyl sites for hydroxylation is 1. The molecule has 1 N–H and O–H groups in total. The van der Waals surface area contributed by atoms with Crippen molar-refractivity contribution >= 4 is 22.6 Å². The van der Waals surface area contributed by atoms with Crippen LogP contribution in [-0.4, -0.2) is 20.4 Å². The van der Waals surface area contributed by atoms with Gasteiger partial charge >= 0.3 is 0 Å². The largest absolute Gasteiger partial charge is 0.307 e. The van der Waals surface area contributed by atoms with E-state index >= 15 is 0 Å². The molecule has 0 aliphatic carbocycles. The second kappa shape index (κ2) is 6.84. The van der Waals surface area contributed by atoms with E-state index in [1.54, 1.807) is 48.7 Å². The highest BCUT2D eigenvalue weighted by atomic mass is 16.1. The van der Waals surface area contributed by atoms with Gasteiger partial charge in [0.1, 0.15) is 12.1 Å². The first-order chi connectivity index (χ1) is 13.1. The van der Waals surface area contributed by atoms with Crippen molar-refractivity contribution in [3.05, 3.63) is 94.7 Å². The van der Waals surface area contributed by atoms with Gasteiger partial charge in [-0.25, -0.2) is 9.97 Å². The van der Waals surface area contributed by atoms with Crippen LogP contribution in [0.3, 0.4) is 0 Å². The molecule has 2 aromatic carbocycles. The summed E-state index contributed by atoms with van der Waals surface area (Å²) in [5.41, 5.74) is 2.64. The third-order valence-electron chi connectivity index (χ3n) is 4.23. The normalized spacial score (nSPS) is 10.7. The van der Waals surface area contributed by atoms with Crippen molar-refractivity contribution in [2.45, 2.75) is 6.92 Å². The van der Waals surface area contributed by atoms with Crippen LogP contribution in [0.4, 0.5) is 5.82 Å². The van der Waals surface area contributed by atoms with Crippen LogP contribution in [0.5, 0.6) is 0 Å². The molecule has 4 aromatic rings. The topological polar surface area (TPSA) is 76.9 Å². The average Bonchev–Trinajstić information content (AvgIpc) is 2.70. The first-order valence-electron chi connectivity index (χ1n) is 8.43. The molecular formula is C21H16N4O2. The molecule has 0 aliphatic rings. The molecule has 0 atom stereocenters. The fraction of sp³-hybridized carbons (Fsp3) is 0.0476. The maximum absolute atomic E-state index is 12.7. The predicted octanol–water partition coefficient (Wildman–Crippen LogP) is 3.34. The van der Waals surface area contributed by atoms with Crippen molar-refractivity contribution in [3.63, 3.8) is 0 Å². The van der Waals surface area contributed by atoms with Gasteiger partial charge in [-0.2, -0.15) is 0 Å². The van der Waals surface area contributed by atoms with Gasteiger partial charge in [-0.15, -0.1) is 0 Å². The van der Waals surface area contributed by atoms with E-state index < -0.39 is 0 Å². The molecule has 0 fully saturated rings. The van der Waals surface area contributed by atoms with Crippen LogP contribution in [0, 0.1) is 6.92 Å². The van der Waals surface area contributed by atoms with Crippen LogP contribution in [0.15, 0.2) is 78.0 Å². The quantitative estimate of drug-likeness (QED) is 0.611. The van der Waals surface area contributed by atoms with Gasteiger partial charge in [-0.05, 0) is 55.0 Å². The molecule has 2 aromatic heterocycles. The van der Waals surface area contributed by atoms with Crippen molar-refractivity contribution in [2.24, 2.45) is 0 Å². The van der Waals surface area contributed by atoms with Gasteiger partial charge < -0.3 is 5.32 Å². The van der Waals surface area contributed by atoms with Crippen LogP contribution in [0.25, 0.3) is 16.6 Å². The van der Waals surface area contributed by atoms with Crippen LogP contribution in [-0.2, 0) is 0 Å². The number of fused-ring (bicyclic) bond motifs is 1. The molecule has 1 amide bonds. The standard InChI is InChI=1S/C21H16N4O2/c1-14-6-11-19(22-12-14)24-20(26)15-7-9-16(10-8-15)25-13-23-18-5-3-2-4-17(18)21(25)27/h2-13H,1H3,(H,22,24,26).